The van der Waals surface area contributed by atoms with E-state index in [9.17, 15) is 5.11 Å². The first kappa shape index (κ1) is 15.8. The van der Waals surface area contributed by atoms with Crippen LogP contribution in [0.5, 0.6) is 0 Å². The molecule has 1 atom stereocenters. The SMILES string of the molecule is CC(O)(CNC(C)(C)C)Cc1cccc(Cl)c1Cl. The van der Waals surface area contributed by atoms with Gasteiger partial charge >= 0.3 is 0 Å². The standard InChI is InChI=1S/C14H21Cl2NO/c1-13(2,3)17-9-14(4,18)8-10-6-5-7-11(15)12(10)16/h5-7,17-18H,8-9H2,1-4H3. The lowest BCUT2D eigenvalue weighted by atomic mass is 9.95. The second kappa shape index (κ2) is 5.79. The molecule has 1 aromatic carbocycles. The third-order valence-electron chi connectivity index (χ3n) is 2.60. The van der Waals surface area contributed by atoms with Crippen molar-refractivity contribution in [2.45, 2.75) is 45.3 Å². The summed E-state index contributed by atoms with van der Waals surface area (Å²) in [4.78, 5) is 0. The van der Waals surface area contributed by atoms with Crippen LogP contribution in [0.4, 0.5) is 0 Å². The minimum atomic E-state index is -0.860. The summed E-state index contributed by atoms with van der Waals surface area (Å²) in [6.45, 7) is 8.49. The van der Waals surface area contributed by atoms with Crippen LogP contribution in [-0.4, -0.2) is 22.8 Å². The molecule has 1 rings (SSSR count). The van der Waals surface area contributed by atoms with Crippen molar-refractivity contribution in [1.82, 2.24) is 5.32 Å². The van der Waals surface area contributed by atoms with Crippen molar-refractivity contribution in [3.8, 4) is 0 Å². The fourth-order valence-electron chi connectivity index (χ4n) is 1.61. The van der Waals surface area contributed by atoms with E-state index < -0.39 is 5.60 Å². The van der Waals surface area contributed by atoms with Gasteiger partial charge in [-0.3, -0.25) is 0 Å². The molecule has 0 amide bonds. The minimum absolute atomic E-state index is 0.0257. The summed E-state index contributed by atoms with van der Waals surface area (Å²) in [6, 6.07) is 5.48. The van der Waals surface area contributed by atoms with Crippen LogP contribution in [0, 0.1) is 0 Å². The van der Waals surface area contributed by atoms with Gasteiger partial charge < -0.3 is 10.4 Å². The molecule has 0 aromatic heterocycles. The van der Waals surface area contributed by atoms with Crippen LogP contribution in [0.25, 0.3) is 0 Å². The molecule has 0 fully saturated rings. The second-order valence-corrected chi connectivity index (χ2v) is 6.78. The van der Waals surface area contributed by atoms with E-state index in [-0.39, 0.29) is 5.54 Å². The predicted octanol–water partition coefficient (Wildman–Crippen LogP) is 3.68. The van der Waals surface area contributed by atoms with E-state index >= 15 is 0 Å². The van der Waals surface area contributed by atoms with Gasteiger partial charge in [0.25, 0.3) is 0 Å². The topological polar surface area (TPSA) is 32.3 Å². The maximum absolute atomic E-state index is 10.4. The Balaban J connectivity index is 2.73. The number of aliphatic hydroxyl groups is 1. The molecule has 2 N–H and O–H groups in total. The third kappa shape index (κ3) is 5.15. The van der Waals surface area contributed by atoms with Crippen molar-refractivity contribution in [3.63, 3.8) is 0 Å². The fourth-order valence-corrected chi connectivity index (χ4v) is 2.00. The summed E-state index contributed by atoms with van der Waals surface area (Å²) < 4.78 is 0. The Morgan fingerprint density at radius 1 is 1.17 bits per heavy atom. The predicted molar refractivity (Wildman–Crippen MR) is 78.5 cm³/mol. The molecule has 0 heterocycles. The fraction of sp³-hybridized carbons (Fsp3) is 0.571. The molecule has 0 spiro atoms. The first-order valence-electron chi connectivity index (χ1n) is 6.01. The van der Waals surface area contributed by atoms with Crippen LogP contribution in [-0.2, 0) is 6.42 Å². The van der Waals surface area contributed by atoms with Crippen LogP contribution in [0.3, 0.4) is 0 Å². The van der Waals surface area contributed by atoms with Gasteiger partial charge in [-0.1, -0.05) is 35.3 Å². The Hall–Kier alpha value is -0.280. The largest absolute Gasteiger partial charge is 0.389 e. The minimum Gasteiger partial charge on any atom is -0.389 e. The normalized spacial score (nSPS) is 15.5. The summed E-state index contributed by atoms with van der Waals surface area (Å²) >= 11 is 12.1. The Morgan fingerprint density at radius 2 is 1.78 bits per heavy atom. The first-order valence-corrected chi connectivity index (χ1v) is 6.77. The van der Waals surface area contributed by atoms with Gasteiger partial charge in [-0.05, 0) is 39.3 Å². The molecule has 0 saturated heterocycles. The average molecular weight is 290 g/mol. The molecule has 0 saturated carbocycles. The van der Waals surface area contributed by atoms with E-state index in [1.54, 1.807) is 13.0 Å². The molecule has 4 heteroatoms. The molecular formula is C14H21Cl2NO. The van der Waals surface area contributed by atoms with Crippen molar-refractivity contribution in [2.24, 2.45) is 0 Å². The van der Waals surface area contributed by atoms with Gasteiger partial charge in [0.05, 0.1) is 15.6 Å². The number of benzene rings is 1. The quantitative estimate of drug-likeness (QED) is 0.886. The summed E-state index contributed by atoms with van der Waals surface area (Å²) in [5, 5.41) is 14.7. The zero-order valence-corrected chi connectivity index (χ0v) is 12.9. The molecule has 102 valence electrons. The van der Waals surface area contributed by atoms with Gasteiger partial charge in [0.2, 0.25) is 0 Å². The van der Waals surface area contributed by atoms with Crippen molar-refractivity contribution in [2.75, 3.05) is 6.54 Å². The monoisotopic (exact) mass is 289 g/mol. The van der Waals surface area contributed by atoms with E-state index in [0.29, 0.717) is 23.0 Å². The lowest BCUT2D eigenvalue weighted by Gasteiger charge is -2.29. The summed E-state index contributed by atoms with van der Waals surface area (Å²) in [5.41, 5.74) is -0.0196. The van der Waals surface area contributed by atoms with E-state index in [4.69, 9.17) is 23.2 Å². The highest BCUT2D eigenvalue weighted by Gasteiger charge is 2.24. The summed E-state index contributed by atoms with van der Waals surface area (Å²) in [7, 11) is 0. The van der Waals surface area contributed by atoms with Gasteiger partial charge in [0.15, 0.2) is 0 Å². The molecule has 0 aliphatic carbocycles. The van der Waals surface area contributed by atoms with Gasteiger partial charge in [0.1, 0.15) is 0 Å². The second-order valence-electron chi connectivity index (χ2n) is 5.99. The Kier molecular flexibility index (Phi) is 5.07. The average Bonchev–Trinajstić information content (AvgIpc) is 2.21. The lowest BCUT2D eigenvalue weighted by Crippen LogP contribution is -2.47. The first-order chi connectivity index (χ1) is 8.11. The number of hydrogen-bond acceptors (Lipinski definition) is 2. The van der Waals surface area contributed by atoms with E-state index in [1.807, 2.05) is 12.1 Å². The van der Waals surface area contributed by atoms with E-state index in [1.165, 1.54) is 0 Å². The van der Waals surface area contributed by atoms with Crippen molar-refractivity contribution in [1.29, 1.82) is 0 Å². The maximum Gasteiger partial charge on any atom is 0.0784 e. The van der Waals surface area contributed by atoms with Gasteiger partial charge in [0, 0.05) is 18.5 Å². The molecule has 1 unspecified atom stereocenters. The zero-order chi connectivity index (χ0) is 14.0. The van der Waals surface area contributed by atoms with Crippen LogP contribution < -0.4 is 5.32 Å². The van der Waals surface area contributed by atoms with E-state index in [2.05, 4.69) is 26.1 Å². The number of halogens is 2. The van der Waals surface area contributed by atoms with Crippen molar-refractivity contribution in [3.05, 3.63) is 33.8 Å². The highest BCUT2D eigenvalue weighted by Crippen LogP contribution is 2.28. The highest BCUT2D eigenvalue weighted by molar-refractivity contribution is 6.42. The summed E-state index contributed by atoms with van der Waals surface area (Å²) in [5.74, 6) is 0. The van der Waals surface area contributed by atoms with E-state index in [0.717, 1.165) is 5.56 Å². The maximum atomic E-state index is 10.4. The van der Waals surface area contributed by atoms with Crippen molar-refractivity contribution < 1.29 is 5.11 Å². The smallest absolute Gasteiger partial charge is 0.0784 e. The molecule has 1 aromatic rings. The van der Waals surface area contributed by atoms with Crippen LogP contribution in [0.1, 0.15) is 33.3 Å². The molecule has 0 aliphatic heterocycles. The third-order valence-corrected chi connectivity index (χ3v) is 3.46. The van der Waals surface area contributed by atoms with Crippen LogP contribution in [0.2, 0.25) is 10.0 Å². The van der Waals surface area contributed by atoms with Crippen molar-refractivity contribution >= 4 is 23.2 Å². The van der Waals surface area contributed by atoms with Gasteiger partial charge in [-0.25, -0.2) is 0 Å². The number of nitrogens with one attached hydrogen (secondary N) is 1. The van der Waals surface area contributed by atoms with Gasteiger partial charge in [-0.2, -0.15) is 0 Å². The van der Waals surface area contributed by atoms with Crippen LogP contribution in [0.15, 0.2) is 18.2 Å². The Bertz CT molecular complexity index is 411. The Labute approximate surface area is 119 Å². The molecule has 0 aliphatic rings. The molecule has 0 radical (unpaired) electrons. The van der Waals surface area contributed by atoms with Gasteiger partial charge in [-0.15, -0.1) is 0 Å². The summed E-state index contributed by atoms with van der Waals surface area (Å²) in [6.07, 6.45) is 0.468. The molecule has 18 heavy (non-hydrogen) atoms. The number of hydrogen-bond donors (Lipinski definition) is 2. The number of rotatable bonds is 4. The zero-order valence-electron chi connectivity index (χ0n) is 11.3. The number of β-amino-alcohol motifs (C(OH)–C–C–N with tert-alkyl or cyclic N) is 1. The molecule has 0 bridgehead atoms. The molecule has 2 nitrogen and oxygen atoms in total. The highest BCUT2D eigenvalue weighted by atomic mass is 35.5. The molecular weight excluding hydrogens is 269 g/mol. The lowest BCUT2D eigenvalue weighted by molar-refractivity contribution is 0.0535. The van der Waals surface area contributed by atoms with Crippen LogP contribution >= 0.6 is 23.2 Å². The Morgan fingerprint density at radius 3 is 2.33 bits per heavy atom.